The van der Waals surface area contributed by atoms with Gasteiger partial charge in [-0.3, -0.25) is 0 Å². The monoisotopic (exact) mass is 576 g/mol. The fourth-order valence-electron chi connectivity index (χ4n) is 7.54. The van der Waals surface area contributed by atoms with Gasteiger partial charge in [-0.15, -0.1) is 0 Å². The molecule has 2 nitrogen and oxygen atoms in total. The third-order valence-electron chi connectivity index (χ3n) is 9.89. The smallest absolute Gasteiger partial charge is 0.119 e. The molecule has 2 heteroatoms. The van der Waals surface area contributed by atoms with E-state index >= 15 is 0 Å². The van der Waals surface area contributed by atoms with E-state index in [9.17, 15) is 0 Å². The second-order valence-electron chi connectivity index (χ2n) is 12.6. The van der Waals surface area contributed by atoms with E-state index < -0.39 is 0 Å². The molecule has 0 aliphatic heterocycles. The maximum atomic E-state index is 5.86. The summed E-state index contributed by atoms with van der Waals surface area (Å²) in [6, 6.07) is 27.1. The van der Waals surface area contributed by atoms with Gasteiger partial charge < -0.3 is 9.47 Å². The molecule has 0 unspecified atom stereocenters. The second-order valence-corrected chi connectivity index (χ2v) is 12.6. The summed E-state index contributed by atoms with van der Waals surface area (Å²) >= 11 is 0. The fourth-order valence-corrected chi connectivity index (χ4v) is 7.54. The van der Waals surface area contributed by atoms with Crippen LogP contribution in [0.1, 0.15) is 115 Å². The number of rotatable bonds is 17. The van der Waals surface area contributed by atoms with Crippen LogP contribution in [0.5, 0.6) is 11.5 Å². The quantitative estimate of drug-likeness (QED) is 0.116. The largest absolute Gasteiger partial charge is 0.497 e. The van der Waals surface area contributed by atoms with Gasteiger partial charge in [-0.25, -0.2) is 0 Å². The van der Waals surface area contributed by atoms with E-state index in [1.54, 1.807) is 7.11 Å². The van der Waals surface area contributed by atoms with Gasteiger partial charge >= 0.3 is 0 Å². The lowest BCUT2D eigenvalue weighted by Crippen LogP contribution is -2.25. The molecule has 43 heavy (non-hydrogen) atoms. The summed E-state index contributed by atoms with van der Waals surface area (Å²) in [7, 11) is 3.55. The lowest BCUT2D eigenvalue weighted by Gasteiger charge is -2.33. The number of benzene rings is 4. The van der Waals surface area contributed by atoms with E-state index in [1.165, 1.54) is 134 Å². The molecule has 0 radical (unpaired) electrons. The summed E-state index contributed by atoms with van der Waals surface area (Å²) in [6.45, 7) is 4.61. The van der Waals surface area contributed by atoms with Crippen molar-refractivity contribution in [3.05, 3.63) is 83.9 Å². The van der Waals surface area contributed by atoms with E-state index in [1.807, 2.05) is 7.11 Å². The molecule has 0 amide bonds. The number of ether oxygens (including phenoxy) is 2. The van der Waals surface area contributed by atoms with Crippen LogP contribution in [-0.2, 0) is 5.41 Å². The predicted molar refractivity (Wildman–Crippen MR) is 185 cm³/mol. The van der Waals surface area contributed by atoms with E-state index in [4.69, 9.17) is 9.47 Å². The number of fused-ring (bicyclic) bond motifs is 5. The highest BCUT2D eigenvalue weighted by molar-refractivity contribution is 6.09. The summed E-state index contributed by atoms with van der Waals surface area (Å²) in [5.41, 5.74) is 8.45. The van der Waals surface area contributed by atoms with Crippen LogP contribution in [0.3, 0.4) is 0 Å². The lowest BCUT2D eigenvalue weighted by atomic mass is 9.70. The molecular formula is C41H52O2. The van der Waals surface area contributed by atoms with E-state index in [-0.39, 0.29) is 5.41 Å². The molecule has 4 aromatic rings. The number of methoxy groups -OCH3 is 2. The molecule has 1 aliphatic carbocycles. The summed E-state index contributed by atoms with van der Waals surface area (Å²) in [5.74, 6) is 1.87. The van der Waals surface area contributed by atoms with Crippen molar-refractivity contribution in [1.29, 1.82) is 0 Å². The zero-order chi connectivity index (χ0) is 30.1. The van der Waals surface area contributed by atoms with Crippen LogP contribution in [-0.4, -0.2) is 14.2 Å². The van der Waals surface area contributed by atoms with Gasteiger partial charge in [0.15, 0.2) is 0 Å². The predicted octanol–water partition coefficient (Wildman–Crippen LogP) is 12.3. The number of unbranched alkanes of at least 4 members (excludes halogenated alkanes) is 10. The third-order valence-corrected chi connectivity index (χ3v) is 9.89. The van der Waals surface area contributed by atoms with Gasteiger partial charge in [0.05, 0.1) is 14.2 Å². The van der Waals surface area contributed by atoms with Crippen molar-refractivity contribution in [2.24, 2.45) is 0 Å². The molecule has 0 N–H and O–H groups in total. The van der Waals surface area contributed by atoms with Crippen molar-refractivity contribution in [3.63, 3.8) is 0 Å². The zero-order valence-electron chi connectivity index (χ0n) is 27.1. The second kappa shape index (κ2) is 15.0. The van der Waals surface area contributed by atoms with Crippen LogP contribution in [0.25, 0.3) is 33.0 Å². The Morgan fingerprint density at radius 2 is 1.07 bits per heavy atom. The van der Waals surface area contributed by atoms with Crippen molar-refractivity contribution in [2.45, 2.75) is 109 Å². The van der Waals surface area contributed by atoms with E-state index in [0.717, 1.165) is 11.5 Å². The zero-order valence-corrected chi connectivity index (χ0v) is 27.1. The van der Waals surface area contributed by atoms with E-state index in [2.05, 4.69) is 86.6 Å². The average Bonchev–Trinajstić information content (AvgIpc) is 3.32. The topological polar surface area (TPSA) is 18.5 Å². The average molecular weight is 577 g/mol. The molecule has 4 aromatic carbocycles. The van der Waals surface area contributed by atoms with Gasteiger partial charge in [-0.2, -0.15) is 0 Å². The molecule has 0 bridgehead atoms. The van der Waals surface area contributed by atoms with Gasteiger partial charge in [-0.05, 0) is 87.3 Å². The standard InChI is InChI=1S/C41H52O2/c1-5-7-9-11-13-17-27-41(28-18-14-12-10-8-6-2)38-29-33(43-4)25-26-36(38)40-35-20-16-15-19-34(35)37(30-39(40)41)31-21-23-32(42-3)24-22-31/h15-16,19-26,29-30H,5-14,17-18,27-28H2,1-4H3. The highest BCUT2D eigenvalue weighted by Gasteiger charge is 2.43. The van der Waals surface area contributed by atoms with Gasteiger partial charge in [0.2, 0.25) is 0 Å². The van der Waals surface area contributed by atoms with Gasteiger partial charge in [0.25, 0.3) is 0 Å². The lowest BCUT2D eigenvalue weighted by molar-refractivity contribution is 0.390. The molecule has 0 saturated carbocycles. The summed E-state index contributed by atoms with van der Waals surface area (Å²) in [5, 5.41) is 2.69. The first-order chi connectivity index (χ1) is 21.2. The van der Waals surface area contributed by atoms with Crippen LogP contribution < -0.4 is 9.47 Å². The van der Waals surface area contributed by atoms with Gasteiger partial charge in [0.1, 0.15) is 11.5 Å². The Hall–Kier alpha value is -3.26. The maximum absolute atomic E-state index is 5.86. The molecule has 0 atom stereocenters. The maximum Gasteiger partial charge on any atom is 0.119 e. The summed E-state index contributed by atoms with van der Waals surface area (Å²) < 4.78 is 11.4. The first kappa shape index (κ1) is 31.2. The Balaban J connectivity index is 1.65. The van der Waals surface area contributed by atoms with Crippen molar-refractivity contribution in [3.8, 4) is 33.8 Å². The highest BCUT2D eigenvalue weighted by atomic mass is 16.5. The number of hydrogen-bond acceptors (Lipinski definition) is 2. The Morgan fingerprint density at radius 3 is 1.67 bits per heavy atom. The molecule has 228 valence electrons. The Morgan fingerprint density at radius 1 is 0.512 bits per heavy atom. The summed E-state index contributed by atoms with van der Waals surface area (Å²) in [6.07, 6.45) is 18.2. The molecule has 0 spiro atoms. The highest BCUT2D eigenvalue weighted by Crippen LogP contribution is 2.58. The van der Waals surface area contributed by atoms with Crippen LogP contribution in [0, 0.1) is 0 Å². The molecule has 0 fully saturated rings. The fraction of sp³-hybridized carbons (Fsp3) is 0.463. The van der Waals surface area contributed by atoms with Crippen molar-refractivity contribution in [2.75, 3.05) is 14.2 Å². The minimum absolute atomic E-state index is 0.0000287. The molecule has 5 rings (SSSR count). The molecule has 1 aliphatic rings. The molecule has 0 saturated heterocycles. The van der Waals surface area contributed by atoms with Crippen LogP contribution in [0.15, 0.2) is 72.8 Å². The molecule has 0 heterocycles. The Kier molecular flexibility index (Phi) is 10.8. The Bertz CT molecular complexity index is 1450. The minimum Gasteiger partial charge on any atom is -0.497 e. The van der Waals surface area contributed by atoms with Crippen molar-refractivity contribution in [1.82, 2.24) is 0 Å². The third kappa shape index (κ3) is 6.64. The minimum atomic E-state index is -0.0000287. The Labute approximate surface area is 260 Å². The van der Waals surface area contributed by atoms with E-state index in [0.29, 0.717) is 0 Å². The normalized spacial score (nSPS) is 13.2. The molecular weight excluding hydrogens is 524 g/mol. The summed E-state index contributed by atoms with van der Waals surface area (Å²) in [4.78, 5) is 0. The van der Waals surface area contributed by atoms with Crippen molar-refractivity contribution >= 4 is 10.8 Å². The number of hydrogen-bond donors (Lipinski definition) is 0. The van der Waals surface area contributed by atoms with Crippen molar-refractivity contribution < 1.29 is 9.47 Å². The van der Waals surface area contributed by atoms with Crippen LogP contribution in [0.4, 0.5) is 0 Å². The first-order valence-corrected chi connectivity index (χ1v) is 17.1. The SMILES string of the molecule is CCCCCCCCC1(CCCCCCCC)c2cc(OC)ccc2-c2c1cc(-c1ccc(OC)cc1)c1ccccc21. The molecule has 0 aromatic heterocycles. The first-order valence-electron chi connectivity index (χ1n) is 17.1. The van der Waals surface area contributed by atoms with Crippen LogP contribution in [0.2, 0.25) is 0 Å². The van der Waals surface area contributed by atoms with Gasteiger partial charge in [0, 0.05) is 5.41 Å². The van der Waals surface area contributed by atoms with Crippen LogP contribution >= 0.6 is 0 Å². The van der Waals surface area contributed by atoms with Gasteiger partial charge in [-0.1, -0.05) is 133 Å².